The third-order valence-corrected chi connectivity index (χ3v) is 2.32. The van der Waals surface area contributed by atoms with Gasteiger partial charge in [0.25, 0.3) is 0 Å². The molecule has 0 fully saturated rings. The summed E-state index contributed by atoms with van der Waals surface area (Å²) in [5.74, 6) is -0.143. The molecule has 0 N–H and O–H groups in total. The maximum atomic E-state index is 11.1. The summed E-state index contributed by atoms with van der Waals surface area (Å²) in [5.41, 5.74) is 3.29. The van der Waals surface area contributed by atoms with Crippen LogP contribution in [0.25, 0.3) is 0 Å². The minimum atomic E-state index is -0.143. The molecule has 0 spiro atoms. The molecule has 0 aliphatic heterocycles. The van der Waals surface area contributed by atoms with Gasteiger partial charge in [-0.3, -0.25) is 9.78 Å². The number of aromatic nitrogens is 1. The van der Waals surface area contributed by atoms with Crippen LogP contribution in [-0.2, 0) is 16.0 Å². The third-order valence-electron chi connectivity index (χ3n) is 2.32. The second-order valence-electron chi connectivity index (χ2n) is 3.55. The number of carbonyl (C=O) groups is 1. The van der Waals surface area contributed by atoms with Crippen LogP contribution in [0.2, 0.25) is 0 Å². The first-order valence-corrected chi connectivity index (χ1v) is 5.21. The zero-order valence-electron chi connectivity index (χ0n) is 9.54. The standard InChI is InChI=1S/C12H17NO2/c1-4-15-12(14)6-5-11-7-9(2)10(3)13-8-11/h7-8H,4-6H2,1-3H3. The Morgan fingerprint density at radius 2 is 2.20 bits per heavy atom. The largest absolute Gasteiger partial charge is 0.466 e. The topological polar surface area (TPSA) is 39.2 Å². The molecular weight excluding hydrogens is 190 g/mol. The van der Waals surface area contributed by atoms with Crippen molar-refractivity contribution in [3.8, 4) is 0 Å². The molecule has 3 nitrogen and oxygen atoms in total. The molecule has 0 unspecified atom stereocenters. The van der Waals surface area contributed by atoms with Crippen molar-refractivity contribution in [1.29, 1.82) is 0 Å². The second-order valence-corrected chi connectivity index (χ2v) is 3.55. The SMILES string of the molecule is CCOC(=O)CCc1cnc(C)c(C)c1. The molecule has 1 heterocycles. The van der Waals surface area contributed by atoms with Gasteiger partial charge in [-0.05, 0) is 38.3 Å². The van der Waals surface area contributed by atoms with Crippen LogP contribution in [0.1, 0.15) is 30.2 Å². The predicted octanol–water partition coefficient (Wildman–Crippen LogP) is 2.19. The highest BCUT2D eigenvalue weighted by Gasteiger charge is 2.03. The fourth-order valence-corrected chi connectivity index (χ4v) is 1.32. The fraction of sp³-hybridized carbons (Fsp3) is 0.500. The molecule has 0 aliphatic rings. The zero-order valence-corrected chi connectivity index (χ0v) is 9.54. The number of rotatable bonds is 4. The Kier molecular flexibility index (Phi) is 4.28. The van der Waals surface area contributed by atoms with Crippen molar-refractivity contribution in [3.05, 3.63) is 29.1 Å². The number of esters is 1. The Hall–Kier alpha value is -1.38. The van der Waals surface area contributed by atoms with E-state index in [0.29, 0.717) is 19.4 Å². The van der Waals surface area contributed by atoms with Crippen LogP contribution in [0.3, 0.4) is 0 Å². The third kappa shape index (κ3) is 3.70. The summed E-state index contributed by atoms with van der Waals surface area (Å²) in [6, 6.07) is 2.07. The quantitative estimate of drug-likeness (QED) is 0.710. The van der Waals surface area contributed by atoms with Crippen LogP contribution in [0.15, 0.2) is 12.3 Å². The van der Waals surface area contributed by atoms with Gasteiger partial charge in [0.15, 0.2) is 0 Å². The number of ether oxygens (including phenoxy) is 1. The molecule has 3 heteroatoms. The monoisotopic (exact) mass is 207 g/mol. The molecule has 0 saturated carbocycles. The van der Waals surface area contributed by atoms with E-state index in [1.54, 1.807) is 0 Å². The molecule has 0 amide bonds. The molecule has 0 radical (unpaired) electrons. The van der Waals surface area contributed by atoms with Gasteiger partial charge in [0.1, 0.15) is 0 Å². The van der Waals surface area contributed by atoms with E-state index in [1.807, 2.05) is 27.0 Å². The first-order valence-electron chi connectivity index (χ1n) is 5.21. The molecule has 1 aromatic rings. The van der Waals surface area contributed by atoms with Crippen LogP contribution >= 0.6 is 0 Å². The van der Waals surface area contributed by atoms with Gasteiger partial charge in [-0.1, -0.05) is 6.07 Å². The van der Waals surface area contributed by atoms with Crippen molar-refractivity contribution in [3.63, 3.8) is 0 Å². The van der Waals surface area contributed by atoms with Crippen molar-refractivity contribution >= 4 is 5.97 Å². The smallest absolute Gasteiger partial charge is 0.306 e. The molecule has 0 bridgehead atoms. The first-order chi connectivity index (χ1) is 7.13. The van der Waals surface area contributed by atoms with E-state index in [-0.39, 0.29) is 5.97 Å². The lowest BCUT2D eigenvalue weighted by Gasteiger charge is -2.04. The van der Waals surface area contributed by atoms with Crippen LogP contribution < -0.4 is 0 Å². The number of carbonyl (C=O) groups excluding carboxylic acids is 1. The van der Waals surface area contributed by atoms with Gasteiger partial charge in [0, 0.05) is 18.3 Å². The Morgan fingerprint density at radius 3 is 2.80 bits per heavy atom. The summed E-state index contributed by atoms with van der Waals surface area (Å²) in [7, 11) is 0. The number of aryl methyl sites for hydroxylation is 3. The second kappa shape index (κ2) is 5.49. The van der Waals surface area contributed by atoms with Gasteiger partial charge in [-0.25, -0.2) is 0 Å². The molecule has 1 rings (SSSR count). The van der Waals surface area contributed by atoms with Gasteiger partial charge in [-0.2, -0.15) is 0 Å². The van der Waals surface area contributed by atoms with E-state index in [9.17, 15) is 4.79 Å². The van der Waals surface area contributed by atoms with Crippen molar-refractivity contribution in [2.24, 2.45) is 0 Å². The van der Waals surface area contributed by atoms with Crippen LogP contribution in [-0.4, -0.2) is 17.6 Å². The van der Waals surface area contributed by atoms with E-state index >= 15 is 0 Å². The summed E-state index contributed by atoms with van der Waals surface area (Å²) in [4.78, 5) is 15.4. The lowest BCUT2D eigenvalue weighted by Crippen LogP contribution is -2.05. The summed E-state index contributed by atoms with van der Waals surface area (Å²) in [5, 5.41) is 0. The van der Waals surface area contributed by atoms with E-state index in [0.717, 1.165) is 16.8 Å². The first kappa shape index (κ1) is 11.7. The summed E-state index contributed by atoms with van der Waals surface area (Å²) >= 11 is 0. The predicted molar refractivity (Wildman–Crippen MR) is 58.7 cm³/mol. The molecular formula is C12H17NO2. The summed E-state index contributed by atoms with van der Waals surface area (Å²) in [6.07, 6.45) is 2.95. The number of pyridine rings is 1. The van der Waals surface area contributed by atoms with Crippen molar-refractivity contribution in [1.82, 2.24) is 4.98 Å². The maximum absolute atomic E-state index is 11.1. The van der Waals surface area contributed by atoms with E-state index in [4.69, 9.17) is 4.74 Å². The minimum Gasteiger partial charge on any atom is -0.466 e. The van der Waals surface area contributed by atoms with Gasteiger partial charge in [0.2, 0.25) is 0 Å². The Morgan fingerprint density at radius 1 is 1.47 bits per heavy atom. The van der Waals surface area contributed by atoms with E-state index in [1.165, 1.54) is 0 Å². The van der Waals surface area contributed by atoms with E-state index < -0.39 is 0 Å². The highest BCUT2D eigenvalue weighted by Crippen LogP contribution is 2.08. The highest BCUT2D eigenvalue weighted by molar-refractivity contribution is 5.69. The lowest BCUT2D eigenvalue weighted by atomic mass is 10.1. The molecule has 82 valence electrons. The average Bonchev–Trinajstić information content (AvgIpc) is 2.20. The van der Waals surface area contributed by atoms with Crippen molar-refractivity contribution in [2.75, 3.05) is 6.61 Å². The summed E-state index contributed by atoms with van der Waals surface area (Å²) in [6.45, 7) is 6.26. The Balaban J connectivity index is 2.51. The van der Waals surface area contributed by atoms with Gasteiger partial charge < -0.3 is 4.74 Å². The zero-order chi connectivity index (χ0) is 11.3. The van der Waals surface area contributed by atoms with Crippen LogP contribution in [0.4, 0.5) is 0 Å². The normalized spacial score (nSPS) is 10.1. The van der Waals surface area contributed by atoms with Gasteiger partial charge >= 0.3 is 5.97 Å². The van der Waals surface area contributed by atoms with Crippen LogP contribution in [0.5, 0.6) is 0 Å². The molecule has 0 atom stereocenters. The number of nitrogens with zero attached hydrogens (tertiary/aromatic N) is 1. The highest BCUT2D eigenvalue weighted by atomic mass is 16.5. The van der Waals surface area contributed by atoms with Gasteiger partial charge in [-0.15, -0.1) is 0 Å². The minimum absolute atomic E-state index is 0.143. The van der Waals surface area contributed by atoms with Crippen molar-refractivity contribution < 1.29 is 9.53 Å². The van der Waals surface area contributed by atoms with Gasteiger partial charge in [0.05, 0.1) is 6.61 Å². The van der Waals surface area contributed by atoms with E-state index in [2.05, 4.69) is 11.1 Å². The average molecular weight is 207 g/mol. The molecule has 15 heavy (non-hydrogen) atoms. The Bertz CT molecular complexity index is 347. The van der Waals surface area contributed by atoms with Crippen molar-refractivity contribution in [2.45, 2.75) is 33.6 Å². The maximum Gasteiger partial charge on any atom is 0.306 e. The lowest BCUT2D eigenvalue weighted by molar-refractivity contribution is -0.143. The molecule has 1 aromatic heterocycles. The Labute approximate surface area is 90.5 Å². The summed E-state index contributed by atoms with van der Waals surface area (Å²) < 4.78 is 4.86. The molecule has 0 aliphatic carbocycles. The fourth-order valence-electron chi connectivity index (χ4n) is 1.32. The number of hydrogen-bond acceptors (Lipinski definition) is 3. The number of hydrogen-bond donors (Lipinski definition) is 0. The van der Waals surface area contributed by atoms with Crippen LogP contribution in [0, 0.1) is 13.8 Å². The molecule has 0 saturated heterocycles. The molecule has 0 aromatic carbocycles.